The van der Waals surface area contributed by atoms with Crippen LogP contribution >= 0.6 is 22.9 Å². The van der Waals surface area contributed by atoms with Gasteiger partial charge >= 0.3 is 0 Å². The van der Waals surface area contributed by atoms with Crippen LogP contribution in [0.5, 0.6) is 0 Å². The number of carbonyl (C=O) groups excluding carboxylic acids is 1. The third-order valence-electron chi connectivity index (χ3n) is 3.80. The van der Waals surface area contributed by atoms with E-state index in [4.69, 9.17) is 11.6 Å². The Morgan fingerprint density at radius 1 is 1.36 bits per heavy atom. The fourth-order valence-corrected chi connectivity index (χ4v) is 3.78. The molecule has 0 saturated heterocycles. The molecule has 2 aromatic heterocycles. The zero-order valence-electron chi connectivity index (χ0n) is 14.2. The molecular weight excluding hydrogens is 358 g/mol. The van der Waals surface area contributed by atoms with Crippen molar-refractivity contribution in [2.45, 2.75) is 32.7 Å². The number of rotatable bonds is 3. The highest BCUT2D eigenvalue weighted by atomic mass is 35.5. The van der Waals surface area contributed by atoms with E-state index in [9.17, 15) is 9.59 Å². The van der Waals surface area contributed by atoms with Crippen LogP contribution in [0.2, 0.25) is 5.02 Å². The summed E-state index contributed by atoms with van der Waals surface area (Å²) in [6, 6.07) is 7.21. The molecule has 1 aromatic carbocycles. The van der Waals surface area contributed by atoms with Crippen molar-refractivity contribution >= 4 is 33.8 Å². The molecule has 3 rings (SSSR count). The predicted molar refractivity (Wildman–Crippen MR) is 101 cm³/mol. The second-order valence-electron chi connectivity index (χ2n) is 6.78. The van der Waals surface area contributed by atoms with Crippen LogP contribution in [0.25, 0.3) is 4.96 Å². The van der Waals surface area contributed by atoms with Crippen molar-refractivity contribution in [3.05, 3.63) is 68.0 Å². The Balaban J connectivity index is 1.92. The van der Waals surface area contributed by atoms with Gasteiger partial charge in [0.2, 0.25) is 0 Å². The largest absolute Gasteiger partial charge is 0.348 e. The van der Waals surface area contributed by atoms with Crippen molar-refractivity contribution in [1.82, 2.24) is 14.7 Å². The molecular formula is C18H18ClN3O2S. The molecule has 25 heavy (non-hydrogen) atoms. The number of aromatic nitrogens is 2. The number of benzene rings is 1. The third kappa shape index (κ3) is 3.60. The normalized spacial score (nSPS) is 11.7. The molecule has 0 saturated carbocycles. The zero-order valence-corrected chi connectivity index (χ0v) is 15.7. The maximum Gasteiger partial charge on any atom is 0.271 e. The fraction of sp³-hybridized carbons (Fsp3) is 0.278. The van der Waals surface area contributed by atoms with E-state index in [0.29, 0.717) is 9.98 Å². The van der Waals surface area contributed by atoms with Crippen LogP contribution in [0.1, 0.15) is 42.4 Å². The summed E-state index contributed by atoms with van der Waals surface area (Å²) in [5.41, 5.74) is 1.17. The van der Waals surface area contributed by atoms with Crippen LogP contribution < -0.4 is 10.9 Å². The highest BCUT2D eigenvalue weighted by Crippen LogP contribution is 2.25. The summed E-state index contributed by atoms with van der Waals surface area (Å²) in [6.45, 7) is 6.35. The van der Waals surface area contributed by atoms with Gasteiger partial charge in [-0.2, -0.15) is 0 Å². The van der Waals surface area contributed by atoms with Gasteiger partial charge < -0.3 is 5.32 Å². The number of hydrogen-bond donors (Lipinski definition) is 1. The molecule has 0 unspecified atom stereocenters. The molecule has 2 heterocycles. The molecule has 0 radical (unpaired) electrons. The molecule has 130 valence electrons. The van der Waals surface area contributed by atoms with Gasteiger partial charge in [0, 0.05) is 34.3 Å². The number of halogens is 1. The van der Waals surface area contributed by atoms with Crippen LogP contribution in [0.3, 0.4) is 0 Å². The molecule has 0 bridgehead atoms. The molecule has 0 aliphatic carbocycles. The monoisotopic (exact) mass is 375 g/mol. The van der Waals surface area contributed by atoms with Crippen molar-refractivity contribution in [1.29, 1.82) is 0 Å². The van der Waals surface area contributed by atoms with Gasteiger partial charge in [-0.3, -0.25) is 14.0 Å². The van der Waals surface area contributed by atoms with Gasteiger partial charge in [0.15, 0.2) is 4.96 Å². The van der Waals surface area contributed by atoms with Crippen LogP contribution in [0, 0.1) is 0 Å². The van der Waals surface area contributed by atoms with Gasteiger partial charge in [0.1, 0.15) is 5.56 Å². The average molecular weight is 376 g/mol. The predicted octanol–water partition coefficient (Wildman–Crippen LogP) is 3.64. The molecule has 0 fully saturated rings. The lowest BCUT2D eigenvalue weighted by Crippen LogP contribution is -2.32. The van der Waals surface area contributed by atoms with Gasteiger partial charge in [-0.15, -0.1) is 11.3 Å². The zero-order chi connectivity index (χ0) is 18.2. The summed E-state index contributed by atoms with van der Waals surface area (Å²) in [7, 11) is 0. The molecule has 1 amide bonds. The van der Waals surface area contributed by atoms with Crippen LogP contribution in [-0.4, -0.2) is 15.3 Å². The third-order valence-corrected chi connectivity index (χ3v) is 4.88. The molecule has 0 atom stereocenters. The lowest BCUT2D eigenvalue weighted by Gasteiger charge is -2.17. The number of nitrogens with one attached hydrogen (secondary N) is 1. The van der Waals surface area contributed by atoms with Crippen molar-refractivity contribution in [3.63, 3.8) is 0 Å². The number of amides is 1. The average Bonchev–Trinajstić information content (AvgIpc) is 2.98. The first-order chi connectivity index (χ1) is 11.8. The second kappa shape index (κ2) is 6.61. The molecule has 0 aliphatic rings. The summed E-state index contributed by atoms with van der Waals surface area (Å²) in [6.07, 6.45) is 1.34. The van der Waals surface area contributed by atoms with Gasteiger partial charge in [-0.25, -0.2) is 4.98 Å². The van der Waals surface area contributed by atoms with E-state index >= 15 is 0 Å². The van der Waals surface area contributed by atoms with E-state index in [0.717, 1.165) is 11.3 Å². The van der Waals surface area contributed by atoms with Crippen molar-refractivity contribution < 1.29 is 4.79 Å². The first-order valence-electron chi connectivity index (χ1n) is 7.80. The highest BCUT2D eigenvalue weighted by Gasteiger charge is 2.22. The summed E-state index contributed by atoms with van der Waals surface area (Å²) in [4.78, 5) is 30.1. The first-order valence-corrected chi connectivity index (χ1v) is 9.05. The molecule has 0 aliphatic heterocycles. The Labute approximate surface area is 154 Å². The van der Waals surface area contributed by atoms with E-state index in [-0.39, 0.29) is 23.1 Å². The second-order valence-corrected chi connectivity index (χ2v) is 8.05. The number of hydrogen-bond acceptors (Lipinski definition) is 4. The minimum absolute atomic E-state index is 0.0310. The number of nitrogens with zero attached hydrogens (tertiary/aromatic N) is 2. The van der Waals surface area contributed by atoms with E-state index in [1.165, 1.54) is 21.9 Å². The molecule has 7 heteroatoms. The van der Waals surface area contributed by atoms with Crippen molar-refractivity contribution in [3.8, 4) is 0 Å². The molecule has 3 aromatic rings. The Bertz CT molecular complexity index is 1000. The van der Waals surface area contributed by atoms with Crippen molar-refractivity contribution in [2.75, 3.05) is 0 Å². The van der Waals surface area contributed by atoms with Gasteiger partial charge in [0.05, 0.1) is 0 Å². The van der Waals surface area contributed by atoms with Gasteiger partial charge in [-0.05, 0) is 17.7 Å². The fourth-order valence-electron chi connectivity index (χ4n) is 2.49. The smallest absolute Gasteiger partial charge is 0.271 e. The van der Waals surface area contributed by atoms with Gasteiger partial charge in [-0.1, -0.05) is 44.5 Å². The Morgan fingerprint density at radius 3 is 2.80 bits per heavy atom. The maximum atomic E-state index is 12.8. The lowest BCUT2D eigenvalue weighted by molar-refractivity contribution is 0.0949. The number of fused-ring (bicyclic) bond motifs is 1. The van der Waals surface area contributed by atoms with Crippen LogP contribution in [0.15, 0.2) is 40.6 Å². The summed E-state index contributed by atoms with van der Waals surface area (Å²) in [5, 5.41) is 5.26. The Morgan fingerprint density at radius 2 is 2.12 bits per heavy atom. The summed E-state index contributed by atoms with van der Waals surface area (Å²) >= 11 is 7.33. The topological polar surface area (TPSA) is 63.5 Å². The van der Waals surface area contributed by atoms with E-state index in [1.807, 2.05) is 38.3 Å². The standard InChI is InChI=1S/C18H18ClN3O2S/c1-18(2,3)14-10-25-17-21-9-13(16(24)22(14)17)15(23)20-8-11-5-4-6-12(19)7-11/h4-7,9-10H,8H2,1-3H3,(H,20,23). The number of thiazole rings is 1. The summed E-state index contributed by atoms with van der Waals surface area (Å²) in [5.74, 6) is -0.446. The number of carbonyl (C=O) groups is 1. The van der Waals surface area contributed by atoms with Crippen molar-refractivity contribution in [2.24, 2.45) is 0 Å². The Kier molecular flexibility index (Phi) is 4.67. The lowest BCUT2D eigenvalue weighted by atomic mass is 9.93. The van der Waals surface area contributed by atoms with Crippen LogP contribution in [-0.2, 0) is 12.0 Å². The van der Waals surface area contributed by atoms with Crippen LogP contribution in [0.4, 0.5) is 0 Å². The van der Waals surface area contributed by atoms with Gasteiger partial charge in [0.25, 0.3) is 11.5 Å². The molecule has 0 spiro atoms. The quantitative estimate of drug-likeness (QED) is 0.760. The summed E-state index contributed by atoms with van der Waals surface area (Å²) < 4.78 is 1.53. The first kappa shape index (κ1) is 17.6. The van der Waals surface area contributed by atoms with E-state index in [1.54, 1.807) is 12.1 Å². The molecule has 1 N–H and O–H groups in total. The maximum absolute atomic E-state index is 12.8. The highest BCUT2D eigenvalue weighted by molar-refractivity contribution is 7.15. The molecule has 5 nitrogen and oxygen atoms in total. The minimum atomic E-state index is -0.446. The SMILES string of the molecule is CC(C)(C)c1csc2ncc(C(=O)NCc3cccc(Cl)c3)c(=O)n12. The minimum Gasteiger partial charge on any atom is -0.348 e. The van der Waals surface area contributed by atoms with E-state index < -0.39 is 5.91 Å². The Hall–Kier alpha value is -2.18. The van der Waals surface area contributed by atoms with E-state index in [2.05, 4.69) is 10.3 Å².